The average molecular weight is 416 g/mol. The van der Waals surface area contributed by atoms with Crippen LogP contribution in [0.3, 0.4) is 0 Å². The Kier molecular flexibility index (Phi) is 6.03. The largest absolute Gasteiger partial charge is 0.455 e. The summed E-state index contributed by atoms with van der Waals surface area (Å²) in [6.45, 7) is 3.06. The molecule has 0 aliphatic heterocycles. The highest BCUT2D eigenvalue weighted by atomic mass is 31.2. The van der Waals surface area contributed by atoms with Crippen molar-refractivity contribution in [2.45, 2.75) is 20.0 Å². The van der Waals surface area contributed by atoms with Crippen LogP contribution in [0.1, 0.15) is 29.9 Å². The second kappa shape index (κ2) is 8.33. The minimum Gasteiger partial charge on any atom is -0.455 e. The van der Waals surface area contributed by atoms with Gasteiger partial charge in [0.05, 0.1) is 5.39 Å². The van der Waals surface area contributed by atoms with Crippen LogP contribution in [0.5, 0.6) is 0 Å². The molecule has 0 saturated heterocycles. The second-order valence-electron chi connectivity index (χ2n) is 6.41. The Balaban J connectivity index is 2.43. The van der Waals surface area contributed by atoms with Gasteiger partial charge in [0, 0.05) is 26.7 Å². The number of fused-ring (bicyclic) bond motifs is 1. The van der Waals surface area contributed by atoms with Crippen molar-refractivity contribution >= 4 is 29.8 Å². The van der Waals surface area contributed by atoms with Crippen LogP contribution in [0.4, 0.5) is 0 Å². The predicted octanol–water partition coefficient (Wildman–Crippen LogP) is 3.87. The van der Waals surface area contributed by atoms with Gasteiger partial charge in [-0.15, -0.1) is 0 Å². The fraction of sp³-hybridized carbons (Fsp3) is 0.238. The van der Waals surface area contributed by atoms with E-state index in [4.69, 9.17) is 18.2 Å². The second-order valence-corrected chi connectivity index (χ2v) is 8.58. The van der Waals surface area contributed by atoms with Crippen molar-refractivity contribution in [1.29, 1.82) is 0 Å². The molecule has 0 spiro atoms. The molecule has 1 heterocycles. The van der Waals surface area contributed by atoms with Gasteiger partial charge in [-0.1, -0.05) is 42.0 Å². The SMILES string of the molecule is COP(=O)(OC)c1c(C(OC(C)=O)c2ccccc2)oc2ccc(C)cc2c1=O. The lowest BCUT2D eigenvalue weighted by Crippen LogP contribution is -2.32. The van der Waals surface area contributed by atoms with Crippen LogP contribution < -0.4 is 10.7 Å². The van der Waals surface area contributed by atoms with Crippen molar-refractivity contribution in [3.63, 3.8) is 0 Å². The van der Waals surface area contributed by atoms with Crippen molar-refractivity contribution in [3.8, 4) is 0 Å². The van der Waals surface area contributed by atoms with Gasteiger partial charge in [0.25, 0.3) is 0 Å². The fourth-order valence-corrected chi connectivity index (χ4v) is 4.39. The maximum absolute atomic E-state index is 13.4. The molecule has 2 aromatic carbocycles. The van der Waals surface area contributed by atoms with Gasteiger partial charge in [0.15, 0.2) is 17.2 Å². The van der Waals surface area contributed by atoms with Crippen LogP contribution >= 0.6 is 7.60 Å². The third-order valence-corrected chi connectivity index (χ3v) is 6.36. The number of aryl methyl sites for hydroxylation is 1. The van der Waals surface area contributed by atoms with E-state index in [0.29, 0.717) is 5.56 Å². The van der Waals surface area contributed by atoms with Crippen molar-refractivity contribution < 1.29 is 27.6 Å². The van der Waals surface area contributed by atoms with Crippen molar-refractivity contribution in [2.24, 2.45) is 0 Å². The molecule has 29 heavy (non-hydrogen) atoms. The van der Waals surface area contributed by atoms with E-state index in [1.165, 1.54) is 21.1 Å². The Labute approximate surface area is 167 Å². The zero-order chi connectivity index (χ0) is 21.2. The molecule has 0 aliphatic rings. The molecule has 0 fully saturated rings. The molecule has 0 amide bonds. The molecule has 0 bridgehead atoms. The highest BCUT2D eigenvalue weighted by Gasteiger charge is 2.38. The first kappa shape index (κ1) is 21.0. The molecule has 152 valence electrons. The lowest BCUT2D eigenvalue weighted by molar-refractivity contribution is -0.145. The first-order valence-electron chi connectivity index (χ1n) is 8.82. The number of hydrogen-bond donors (Lipinski definition) is 0. The molecule has 1 unspecified atom stereocenters. The minimum atomic E-state index is -4.04. The molecule has 1 aromatic heterocycles. The Bertz CT molecular complexity index is 1140. The summed E-state index contributed by atoms with van der Waals surface area (Å²) in [6, 6.07) is 13.8. The normalized spacial score (nSPS) is 12.7. The zero-order valence-corrected chi connectivity index (χ0v) is 17.4. The van der Waals surface area contributed by atoms with E-state index < -0.39 is 25.1 Å². The predicted molar refractivity (Wildman–Crippen MR) is 109 cm³/mol. The van der Waals surface area contributed by atoms with Crippen molar-refractivity contribution in [3.05, 3.63) is 75.6 Å². The molecular weight excluding hydrogens is 395 g/mol. The standard InChI is InChI=1S/C21H21O7P/c1-13-10-11-17-16(12-13)18(23)21(29(24,25-3)26-4)20(28-17)19(27-14(2)22)15-8-6-5-7-9-15/h5-12,19H,1-4H3. The van der Waals surface area contributed by atoms with Gasteiger partial charge < -0.3 is 18.2 Å². The molecule has 7 nitrogen and oxygen atoms in total. The van der Waals surface area contributed by atoms with Gasteiger partial charge in [0.1, 0.15) is 5.58 Å². The summed E-state index contributed by atoms with van der Waals surface area (Å²) in [6.07, 6.45) is -1.11. The molecule has 1 atom stereocenters. The molecule has 0 N–H and O–H groups in total. The van der Waals surface area contributed by atoms with Crippen LogP contribution in [0, 0.1) is 6.92 Å². The molecule has 8 heteroatoms. The van der Waals surface area contributed by atoms with Crippen LogP contribution in [-0.2, 0) is 23.1 Å². The van der Waals surface area contributed by atoms with Gasteiger partial charge in [-0.2, -0.15) is 0 Å². The number of rotatable bonds is 6. The Morgan fingerprint density at radius 3 is 2.31 bits per heavy atom. The smallest absolute Gasteiger partial charge is 0.368 e. The minimum absolute atomic E-state index is 0.0974. The summed E-state index contributed by atoms with van der Waals surface area (Å²) in [5.74, 6) is -0.694. The summed E-state index contributed by atoms with van der Waals surface area (Å²) < 4.78 is 35.0. The maximum Gasteiger partial charge on any atom is 0.368 e. The summed E-state index contributed by atoms with van der Waals surface area (Å²) in [7, 11) is -1.69. The molecule has 0 aliphatic carbocycles. The van der Waals surface area contributed by atoms with Crippen molar-refractivity contribution in [2.75, 3.05) is 14.2 Å². The Morgan fingerprint density at radius 2 is 1.72 bits per heavy atom. The van der Waals surface area contributed by atoms with Crippen LogP contribution in [0.25, 0.3) is 11.0 Å². The lowest BCUT2D eigenvalue weighted by Gasteiger charge is -2.22. The highest BCUT2D eigenvalue weighted by Crippen LogP contribution is 2.47. The van der Waals surface area contributed by atoms with Crippen LogP contribution in [0.2, 0.25) is 0 Å². The van der Waals surface area contributed by atoms with Gasteiger partial charge in [-0.3, -0.25) is 14.2 Å². The van der Waals surface area contributed by atoms with E-state index in [1.54, 1.807) is 48.5 Å². The fourth-order valence-electron chi connectivity index (χ4n) is 3.08. The lowest BCUT2D eigenvalue weighted by atomic mass is 10.1. The van der Waals surface area contributed by atoms with E-state index in [0.717, 1.165) is 5.56 Å². The highest BCUT2D eigenvalue weighted by molar-refractivity contribution is 7.62. The number of benzene rings is 2. The Morgan fingerprint density at radius 1 is 1.07 bits per heavy atom. The van der Waals surface area contributed by atoms with Crippen molar-refractivity contribution in [1.82, 2.24) is 0 Å². The van der Waals surface area contributed by atoms with E-state index in [1.807, 2.05) is 6.92 Å². The molecule has 0 saturated carbocycles. The third-order valence-electron chi connectivity index (χ3n) is 4.43. The van der Waals surface area contributed by atoms with Gasteiger partial charge in [0.2, 0.25) is 5.43 Å². The number of ether oxygens (including phenoxy) is 1. The summed E-state index contributed by atoms with van der Waals surface area (Å²) in [4.78, 5) is 25.2. The first-order valence-corrected chi connectivity index (χ1v) is 10.4. The van der Waals surface area contributed by atoms with Crippen LogP contribution in [0.15, 0.2) is 57.7 Å². The van der Waals surface area contributed by atoms with E-state index >= 15 is 0 Å². The quantitative estimate of drug-likeness (QED) is 0.445. The first-order chi connectivity index (χ1) is 13.8. The van der Waals surface area contributed by atoms with Crippen LogP contribution in [-0.4, -0.2) is 20.2 Å². The molecule has 0 radical (unpaired) electrons. The van der Waals surface area contributed by atoms with Gasteiger partial charge in [-0.05, 0) is 19.1 Å². The third kappa shape index (κ3) is 4.03. The molecule has 3 aromatic rings. The van der Waals surface area contributed by atoms with Gasteiger partial charge >= 0.3 is 13.6 Å². The zero-order valence-electron chi connectivity index (χ0n) is 16.5. The monoisotopic (exact) mass is 416 g/mol. The van der Waals surface area contributed by atoms with E-state index in [-0.39, 0.29) is 22.0 Å². The number of hydrogen-bond acceptors (Lipinski definition) is 7. The topological polar surface area (TPSA) is 92.0 Å². The average Bonchev–Trinajstić information content (AvgIpc) is 2.72. The molecular formula is C21H21O7P. The summed E-state index contributed by atoms with van der Waals surface area (Å²) in [5.41, 5.74) is 1.07. The maximum atomic E-state index is 13.4. The number of carbonyl (C=O) groups is 1. The Hall–Kier alpha value is -2.73. The van der Waals surface area contributed by atoms with Gasteiger partial charge in [-0.25, -0.2) is 0 Å². The number of carbonyl (C=O) groups excluding carboxylic acids is 1. The van der Waals surface area contributed by atoms with E-state index in [2.05, 4.69) is 0 Å². The summed E-state index contributed by atoms with van der Waals surface area (Å²) in [5, 5.41) is -0.0663. The molecule has 3 rings (SSSR count). The number of esters is 1. The van der Waals surface area contributed by atoms with E-state index in [9.17, 15) is 14.2 Å². The summed E-state index contributed by atoms with van der Waals surface area (Å²) >= 11 is 0.